The molecule has 0 amide bonds. The molecule has 69 heavy (non-hydrogen) atoms. The summed E-state index contributed by atoms with van der Waals surface area (Å²) in [7, 11) is 0. The second-order valence-electron chi connectivity index (χ2n) is 18.6. The highest BCUT2D eigenvalue weighted by Crippen LogP contribution is 2.65. The first-order valence-electron chi connectivity index (χ1n) is 23.8. The van der Waals surface area contributed by atoms with Crippen LogP contribution in [0, 0.1) is 0 Å². The van der Waals surface area contributed by atoms with Crippen molar-refractivity contribution in [1.29, 1.82) is 0 Å². The molecule has 2 heterocycles. The van der Waals surface area contributed by atoms with E-state index in [1.807, 2.05) is 0 Å². The van der Waals surface area contributed by atoms with Crippen molar-refractivity contribution in [1.82, 2.24) is 0 Å². The fraction of sp³-hybridized carbons (Fsp3) is 0.0303. The number of hydrogen-bond donors (Lipinski definition) is 0. The fourth-order valence-electron chi connectivity index (χ4n) is 12.7. The number of para-hydroxylation sites is 5. The largest absolute Gasteiger partial charge is 0.457 e. The van der Waals surface area contributed by atoms with Gasteiger partial charge in [0.05, 0.1) is 16.5 Å². The van der Waals surface area contributed by atoms with Gasteiger partial charge in [0.1, 0.15) is 23.0 Å². The lowest BCUT2D eigenvalue weighted by molar-refractivity contribution is 0.436. The monoisotopic (exact) mass is 879 g/mol. The average Bonchev–Trinajstić information content (AvgIpc) is 3.87. The Kier molecular flexibility index (Phi) is 7.92. The van der Waals surface area contributed by atoms with Crippen molar-refractivity contribution >= 4 is 27.8 Å². The molecule has 0 unspecified atom stereocenters. The minimum Gasteiger partial charge on any atom is -0.457 e. The van der Waals surface area contributed by atoms with E-state index < -0.39 is 10.8 Å². The van der Waals surface area contributed by atoms with Gasteiger partial charge in [-0.3, -0.25) is 0 Å². The molecule has 15 rings (SSSR count). The maximum atomic E-state index is 6.72. The summed E-state index contributed by atoms with van der Waals surface area (Å²) in [5.41, 5.74) is 19.1. The van der Waals surface area contributed by atoms with Crippen molar-refractivity contribution in [3.8, 4) is 56.4 Å². The molecular weight excluding hydrogens is 839 g/mol. The zero-order valence-corrected chi connectivity index (χ0v) is 37.4. The first-order chi connectivity index (χ1) is 34.2. The molecule has 2 spiro atoms. The summed E-state index contributed by atoms with van der Waals surface area (Å²) in [6, 6.07) is 90.9. The minimum absolute atomic E-state index is 0.537. The number of benzene rings is 11. The maximum absolute atomic E-state index is 6.72. The van der Waals surface area contributed by atoms with Crippen LogP contribution in [0.1, 0.15) is 44.5 Å². The summed E-state index contributed by atoms with van der Waals surface area (Å²) in [6.07, 6.45) is 0. The lowest BCUT2D eigenvalue weighted by Crippen LogP contribution is -2.32. The molecule has 0 atom stereocenters. The fourth-order valence-corrected chi connectivity index (χ4v) is 12.7. The Balaban J connectivity index is 0.985. The molecular formula is C66H41NO2. The molecule has 4 aliphatic rings. The first-order valence-corrected chi connectivity index (χ1v) is 23.8. The van der Waals surface area contributed by atoms with Gasteiger partial charge in [-0.05, 0) is 115 Å². The van der Waals surface area contributed by atoms with E-state index in [1.165, 1.54) is 66.4 Å². The summed E-state index contributed by atoms with van der Waals surface area (Å²) in [5, 5.41) is 2.39. The molecule has 3 nitrogen and oxygen atoms in total. The molecule has 0 fully saturated rings. The van der Waals surface area contributed by atoms with Crippen LogP contribution in [0.3, 0.4) is 0 Å². The summed E-state index contributed by atoms with van der Waals surface area (Å²) in [5.74, 6) is 3.56. The molecule has 0 saturated carbocycles. The van der Waals surface area contributed by atoms with E-state index in [-0.39, 0.29) is 0 Å². The Morgan fingerprint density at radius 3 is 1.36 bits per heavy atom. The van der Waals surface area contributed by atoms with Gasteiger partial charge in [0.2, 0.25) is 0 Å². The van der Waals surface area contributed by atoms with Gasteiger partial charge in [-0.25, -0.2) is 0 Å². The van der Waals surface area contributed by atoms with Crippen LogP contribution < -0.4 is 14.4 Å². The van der Waals surface area contributed by atoms with Crippen LogP contribution in [-0.2, 0) is 10.8 Å². The molecule has 11 aromatic rings. The molecule has 3 heteroatoms. The smallest absolute Gasteiger partial charge is 0.132 e. The van der Waals surface area contributed by atoms with E-state index in [9.17, 15) is 0 Å². The SMILES string of the molecule is c1ccc(-c2ccccc2N(c2ccc3c(c2)C2(c4ccccc4Oc4ccccc42)c2ccccc2-3)c2ccc3c4c(ccc3c2)C2(c3ccccc3Oc3ccccc32)c2ccccc2-4)cc1. The van der Waals surface area contributed by atoms with Crippen LogP contribution in [0.2, 0.25) is 0 Å². The number of rotatable bonds is 4. The third-order valence-corrected chi connectivity index (χ3v) is 15.4. The predicted molar refractivity (Wildman–Crippen MR) is 279 cm³/mol. The molecule has 0 saturated heterocycles. The summed E-state index contributed by atoms with van der Waals surface area (Å²) in [4.78, 5) is 2.48. The standard InChI is InChI=1S/C66H41NO2/c1-2-18-42(19-3-1)46-20-6-13-29-59(46)67(45-36-38-49-48-21-4-7-23-51(48)66(58(49)41-45)55-27-11-16-32-62(55)69-63-33-17-12-28-56(63)66)44-35-37-47-43(40-44)34-39-57-64(47)50-22-5-8-24-52(50)65(57)53-25-9-14-30-60(53)68-61-31-15-10-26-54(61)65/h1-41H. The van der Waals surface area contributed by atoms with Crippen molar-refractivity contribution in [2.45, 2.75) is 10.8 Å². The van der Waals surface area contributed by atoms with E-state index in [0.29, 0.717) is 0 Å². The molecule has 0 radical (unpaired) electrons. The molecule has 0 N–H and O–H groups in total. The van der Waals surface area contributed by atoms with Gasteiger partial charge in [0.25, 0.3) is 0 Å². The number of ether oxygens (including phenoxy) is 2. The summed E-state index contributed by atoms with van der Waals surface area (Å²) < 4.78 is 13.4. The third kappa shape index (κ3) is 5.06. The van der Waals surface area contributed by atoms with Gasteiger partial charge in [-0.2, -0.15) is 0 Å². The highest BCUT2D eigenvalue weighted by Gasteiger charge is 2.53. The van der Waals surface area contributed by atoms with Crippen LogP contribution in [0.5, 0.6) is 23.0 Å². The number of fused-ring (bicyclic) bond motifs is 20. The Morgan fingerprint density at radius 1 is 0.290 bits per heavy atom. The zero-order chi connectivity index (χ0) is 45.3. The van der Waals surface area contributed by atoms with Crippen LogP contribution in [0.4, 0.5) is 17.1 Å². The lowest BCUT2D eigenvalue weighted by Gasteiger charge is -2.39. The molecule has 322 valence electrons. The highest BCUT2D eigenvalue weighted by atomic mass is 16.5. The second-order valence-corrected chi connectivity index (χ2v) is 18.6. The number of nitrogens with zero attached hydrogens (tertiary/aromatic N) is 1. The van der Waals surface area contributed by atoms with Crippen molar-refractivity contribution in [2.24, 2.45) is 0 Å². The lowest BCUT2D eigenvalue weighted by atomic mass is 9.66. The van der Waals surface area contributed by atoms with Crippen molar-refractivity contribution in [2.75, 3.05) is 4.90 Å². The number of hydrogen-bond acceptors (Lipinski definition) is 3. The van der Waals surface area contributed by atoms with Gasteiger partial charge in [-0.15, -0.1) is 0 Å². The highest BCUT2D eigenvalue weighted by molar-refractivity contribution is 6.06. The zero-order valence-electron chi connectivity index (χ0n) is 37.4. The Hall–Kier alpha value is -8.92. The molecule has 2 aliphatic heterocycles. The maximum Gasteiger partial charge on any atom is 0.132 e. The van der Waals surface area contributed by atoms with Gasteiger partial charge in [-0.1, -0.05) is 194 Å². The van der Waals surface area contributed by atoms with Crippen molar-refractivity contribution in [3.05, 3.63) is 293 Å². The van der Waals surface area contributed by atoms with Crippen molar-refractivity contribution in [3.63, 3.8) is 0 Å². The summed E-state index contributed by atoms with van der Waals surface area (Å²) in [6.45, 7) is 0. The van der Waals surface area contributed by atoms with Crippen molar-refractivity contribution < 1.29 is 9.47 Å². The van der Waals surface area contributed by atoms with Crippen LogP contribution >= 0.6 is 0 Å². The van der Waals surface area contributed by atoms with E-state index in [0.717, 1.165) is 62.3 Å². The second kappa shape index (κ2) is 14.3. The molecule has 2 aliphatic carbocycles. The van der Waals surface area contributed by atoms with Gasteiger partial charge in [0.15, 0.2) is 0 Å². The molecule has 11 aromatic carbocycles. The number of anilines is 3. The van der Waals surface area contributed by atoms with Gasteiger partial charge in [0, 0.05) is 39.2 Å². The van der Waals surface area contributed by atoms with E-state index in [2.05, 4.69) is 254 Å². The van der Waals surface area contributed by atoms with Crippen LogP contribution in [0.15, 0.2) is 249 Å². The van der Waals surface area contributed by atoms with Gasteiger partial charge < -0.3 is 14.4 Å². The Morgan fingerprint density at radius 2 is 0.739 bits per heavy atom. The molecule has 0 aromatic heterocycles. The van der Waals surface area contributed by atoms with Crippen LogP contribution in [0.25, 0.3) is 44.2 Å². The third-order valence-electron chi connectivity index (χ3n) is 15.4. The average molecular weight is 880 g/mol. The van der Waals surface area contributed by atoms with E-state index >= 15 is 0 Å². The minimum atomic E-state index is -0.604. The van der Waals surface area contributed by atoms with Gasteiger partial charge >= 0.3 is 0 Å². The van der Waals surface area contributed by atoms with Crippen LogP contribution in [-0.4, -0.2) is 0 Å². The normalized spacial score (nSPS) is 14.3. The van der Waals surface area contributed by atoms with E-state index in [4.69, 9.17) is 9.47 Å². The Labute approximate surface area is 400 Å². The van der Waals surface area contributed by atoms with E-state index in [1.54, 1.807) is 0 Å². The molecule has 0 bridgehead atoms. The topological polar surface area (TPSA) is 21.7 Å². The predicted octanol–water partition coefficient (Wildman–Crippen LogP) is 16.9. The Bertz CT molecular complexity index is 3850. The first kappa shape index (κ1) is 38.2. The summed E-state index contributed by atoms with van der Waals surface area (Å²) >= 11 is 0. The quantitative estimate of drug-likeness (QED) is 0.176.